The summed E-state index contributed by atoms with van der Waals surface area (Å²) in [6, 6.07) is 9.39. The third kappa shape index (κ3) is 2.47. The molecule has 0 bridgehead atoms. The number of hydrogen-bond acceptors (Lipinski definition) is 1. The van der Waals surface area contributed by atoms with E-state index < -0.39 is 9.71 Å². The molecule has 0 amide bonds. The summed E-state index contributed by atoms with van der Waals surface area (Å²) >= 11 is 0. The third-order valence-corrected chi connectivity index (χ3v) is 4.78. The highest BCUT2D eigenvalue weighted by molar-refractivity contribution is 7.98. The molecule has 0 aliphatic heterocycles. The highest BCUT2D eigenvalue weighted by Crippen LogP contribution is 2.19. The Balaban J connectivity index is 3.14. The second-order valence-electron chi connectivity index (χ2n) is 3.58. The summed E-state index contributed by atoms with van der Waals surface area (Å²) < 4.78 is 14.4. The summed E-state index contributed by atoms with van der Waals surface area (Å²) in [4.78, 5) is 0.769. The van der Waals surface area contributed by atoms with Gasteiger partial charge in [-0.25, -0.2) is 4.21 Å². The standard InChI is InChI=1S/C13H19NOS/c1-5-12(6-2)14(3)16(4,15)13-10-8-7-9-11-13/h5,7-11H,4,6H2,1-3H3. The molecule has 0 saturated heterocycles. The van der Waals surface area contributed by atoms with E-state index in [1.54, 1.807) is 4.31 Å². The topological polar surface area (TPSA) is 20.3 Å². The van der Waals surface area contributed by atoms with Crippen molar-refractivity contribution in [3.63, 3.8) is 0 Å². The molecular weight excluding hydrogens is 218 g/mol. The lowest BCUT2D eigenvalue weighted by Crippen LogP contribution is -2.25. The van der Waals surface area contributed by atoms with Gasteiger partial charge in [-0.3, -0.25) is 0 Å². The van der Waals surface area contributed by atoms with Gasteiger partial charge in [0.05, 0.1) is 9.71 Å². The highest BCUT2D eigenvalue weighted by atomic mass is 32.2. The van der Waals surface area contributed by atoms with E-state index in [9.17, 15) is 4.21 Å². The van der Waals surface area contributed by atoms with Crippen molar-refractivity contribution in [2.24, 2.45) is 0 Å². The van der Waals surface area contributed by atoms with E-state index in [2.05, 4.69) is 5.87 Å². The van der Waals surface area contributed by atoms with Gasteiger partial charge in [0.25, 0.3) is 0 Å². The molecule has 0 heterocycles. The highest BCUT2D eigenvalue weighted by Gasteiger charge is 2.14. The second kappa shape index (κ2) is 5.21. The Morgan fingerprint density at radius 3 is 2.44 bits per heavy atom. The molecule has 3 heteroatoms. The van der Waals surface area contributed by atoms with Crippen molar-refractivity contribution >= 4 is 15.6 Å². The second-order valence-corrected chi connectivity index (χ2v) is 5.88. The van der Waals surface area contributed by atoms with E-state index in [0.717, 1.165) is 17.0 Å². The van der Waals surface area contributed by atoms with Crippen molar-refractivity contribution in [2.75, 3.05) is 7.05 Å². The minimum Gasteiger partial charge on any atom is -0.303 e. The first-order chi connectivity index (χ1) is 7.54. The first kappa shape index (κ1) is 12.8. The maximum Gasteiger partial charge on any atom is 0.0757 e. The summed E-state index contributed by atoms with van der Waals surface area (Å²) in [6.45, 7) is 4.00. The molecule has 1 unspecified atom stereocenters. The van der Waals surface area contributed by atoms with Gasteiger partial charge in [0.1, 0.15) is 0 Å². The molecule has 1 aromatic rings. The Labute approximate surface area is 98.7 Å². The van der Waals surface area contributed by atoms with Crippen LogP contribution >= 0.6 is 0 Å². The van der Waals surface area contributed by atoms with Crippen LogP contribution in [0.2, 0.25) is 0 Å². The molecule has 0 aromatic heterocycles. The quantitative estimate of drug-likeness (QED) is 0.737. The van der Waals surface area contributed by atoms with E-state index in [-0.39, 0.29) is 0 Å². The van der Waals surface area contributed by atoms with Crippen molar-refractivity contribution in [3.05, 3.63) is 42.1 Å². The third-order valence-electron chi connectivity index (χ3n) is 2.65. The summed E-state index contributed by atoms with van der Waals surface area (Å²) in [5.74, 6) is 3.87. The Morgan fingerprint density at radius 2 is 2.00 bits per heavy atom. The van der Waals surface area contributed by atoms with Crippen LogP contribution in [0.1, 0.15) is 20.3 Å². The molecule has 0 saturated carbocycles. The maximum absolute atomic E-state index is 12.6. The summed E-state index contributed by atoms with van der Waals surface area (Å²) in [7, 11) is -0.563. The van der Waals surface area contributed by atoms with Gasteiger partial charge in [-0.1, -0.05) is 31.2 Å². The molecule has 0 spiro atoms. The summed E-state index contributed by atoms with van der Waals surface area (Å²) in [5.41, 5.74) is 1.05. The first-order valence-corrected chi connectivity index (χ1v) is 7.03. The molecule has 2 nitrogen and oxygen atoms in total. The maximum atomic E-state index is 12.6. The lowest BCUT2D eigenvalue weighted by molar-refractivity contribution is 0.586. The van der Waals surface area contributed by atoms with Crippen LogP contribution in [0.4, 0.5) is 0 Å². The van der Waals surface area contributed by atoms with Crippen LogP contribution in [0.5, 0.6) is 0 Å². The molecule has 16 heavy (non-hydrogen) atoms. The minimum absolute atomic E-state index is 0.769. The van der Waals surface area contributed by atoms with Gasteiger partial charge in [0.15, 0.2) is 0 Å². The zero-order chi connectivity index (χ0) is 12.2. The van der Waals surface area contributed by atoms with E-state index in [4.69, 9.17) is 0 Å². The average molecular weight is 237 g/mol. The largest absolute Gasteiger partial charge is 0.303 e. The molecule has 0 N–H and O–H groups in total. The Kier molecular flexibility index (Phi) is 4.19. The molecule has 1 aromatic carbocycles. The van der Waals surface area contributed by atoms with Crippen LogP contribution in [0.25, 0.3) is 0 Å². The fourth-order valence-electron chi connectivity index (χ4n) is 1.59. The zero-order valence-corrected chi connectivity index (χ0v) is 11.0. The molecule has 1 rings (SSSR count). The Bertz CT molecular complexity index is 460. The van der Waals surface area contributed by atoms with Crippen LogP contribution in [-0.2, 0) is 9.71 Å². The van der Waals surface area contributed by atoms with Crippen LogP contribution in [0.3, 0.4) is 0 Å². The van der Waals surface area contributed by atoms with E-state index in [1.807, 2.05) is 57.3 Å². The summed E-state index contributed by atoms with van der Waals surface area (Å²) in [5, 5.41) is 0. The molecule has 0 aliphatic carbocycles. The number of benzene rings is 1. The smallest absolute Gasteiger partial charge is 0.0757 e. The SMILES string of the molecule is C=S(=O)(c1ccccc1)N(C)C(=CC)CC. The van der Waals surface area contributed by atoms with Crippen LogP contribution in [0, 0.1) is 0 Å². The van der Waals surface area contributed by atoms with Crippen molar-refractivity contribution in [2.45, 2.75) is 25.2 Å². The van der Waals surface area contributed by atoms with Gasteiger partial charge in [0.2, 0.25) is 0 Å². The van der Waals surface area contributed by atoms with Gasteiger partial charge in [-0.2, -0.15) is 0 Å². The van der Waals surface area contributed by atoms with Gasteiger partial charge >= 0.3 is 0 Å². The average Bonchev–Trinajstić information content (AvgIpc) is 2.31. The molecule has 0 radical (unpaired) electrons. The van der Waals surface area contributed by atoms with E-state index in [1.165, 1.54) is 0 Å². The minimum atomic E-state index is -2.40. The lowest BCUT2D eigenvalue weighted by atomic mass is 10.3. The molecule has 0 fully saturated rings. The molecule has 1 atom stereocenters. The van der Waals surface area contributed by atoms with Crippen LogP contribution in [0.15, 0.2) is 47.0 Å². The zero-order valence-electron chi connectivity index (χ0n) is 10.1. The van der Waals surface area contributed by atoms with E-state index in [0.29, 0.717) is 0 Å². The van der Waals surface area contributed by atoms with Crippen LogP contribution in [-0.4, -0.2) is 21.4 Å². The molecule has 88 valence electrons. The Morgan fingerprint density at radius 1 is 1.44 bits per heavy atom. The number of nitrogens with zero attached hydrogens (tertiary/aromatic N) is 1. The fraction of sp³-hybridized carbons (Fsp3) is 0.308. The van der Waals surface area contributed by atoms with Crippen molar-refractivity contribution in [3.8, 4) is 0 Å². The molecular formula is C13H19NOS. The van der Waals surface area contributed by atoms with Crippen molar-refractivity contribution in [1.29, 1.82) is 0 Å². The number of hydrogen-bond donors (Lipinski definition) is 0. The summed E-state index contributed by atoms with van der Waals surface area (Å²) in [6.07, 6.45) is 2.83. The van der Waals surface area contributed by atoms with Gasteiger partial charge in [-0.15, -0.1) is 0 Å². The van der Waals surface area contributed by atoms with Gasteiger partial charge in [-0.05, 0) is 31.3 Å². The van der Waals surface area contributed by atoms with Crippen molar-refractivity contribution in [1.82, 2.24) is 4.31 Å². The van der Waals surface area contributed by atoms with Gasteiger partial charge < -0.3 is 4.31 Å². The monoisotopic (exact) mass is 237 g/mol. The van der Waals surface area contributed by atoms with Crippen LogP contribution < -0.4 is 0 Å². The predicted molar refractivity (Wildman–Crippen MR) is 71.8 cm³/mol. The fourth-order valence-corrected chi connectivity index (χ4v) is 3.10. The predicted octanol–water partition coefficient (Wildman–Crippen LogP) is 2.92. The number of rotatable bonds is 4. The lowest BCUT2D eigenvalue weighted by Gasteiger charge is -2.26. The normalized spacial score (nSPS) is 15.6. The number of allylic oxidation sites excluding steroid dienone is 2. The van der Waals surface area contributed by atoms with E-state index >= 15 is 0 Å². The molecule has 0 aliphatic rings. The van der Waals surface area contributed by atoms with Gasteiger partial charge in [0, 0.05) is 17.6 Å². The Hall–Kier alpha value is -1.22. The van der Waals surface area contributed by atoms with Crippen molar-refractivity contribution < 1.29 is 4.21 Å². The first-order valence-electron chi connectivity index (χ1n) is 5.35.